The summed E-state index contributed by atoms with van der Waals surface area (Å²) in [6.07, 6.45) is 1.94. The van der Waals surface area contributed by atoms with Crippen molar-refractivity contribution in [2.24, 2.45) is 0 Å². The van der Waals surface area contributed by atoms with Crippen LogP contribution in [0.5, 0.6) is 0 Å². The van der Waals surface area contributed by atoms with Crippen LogP contribution in [0, 0.1) is 0 Å². The second kappa shape index (κ2) is 6.14. The molecule has 1 N–H and O–H groups in total. The standard InChI is InChI=1S/C4H9O.C2H4O.O.Sb/c1-2-3-4-5;1-2-3;;/h2-4H2,1H3;3H,1H3;;/q-1;;;+1. The molecule has 0 aromatic heterocycles. The van der Waals surface area contributed by atoms with Crippen molar-refractivity contribution in [2.75, 3.05) is 6.61 Å². The van der Waals surface area contributed by atoms with E-state index < -0.39 is 20.1 Å². The molecule has 0 saturated heterocycles. The third-order valence-corrected chi connectivity index (χ3v) is 3.67. The van der Waals surface area contributed by atoms with Crippen molar-refractivity contribution in [2.45, 2.75) is 26.7 Å². The Morgan fingerprint density at radius 2 is 2.30 bits per heavy atom. The molecule has 0 aliphatic carbocycles. The average Bonchev–Trinajstić information content (AvgIpc) is 1.88. The van der Waals surface area contributed by atoms with Crippen LogP contribution < -0.4 is 0 Å². The molecule has 0 spiro atoms. The zero-order chi connectivity index (χ0) is 7.98. The summed E-state index contributed by atoms with van der Waals surface area (Å²) >= 11 is -2.98. The van der Waals surface area contributed by atoms with Crippen molar-refractivity contribution in [3.05, 3.63) is 0 Å². The molecule has 60 valence electrons. The van der Waals surface area contributed by atoms with E-state index in [1.807, 2.05) is 6.92 Å². The van der Waals surface area contributed by atoms with Gasteiger partial charge in [0.2, 0.25) is 0 Å². The van der Waals surface area contributed by atoms with E-state index in [0.29, 0.717) is 6.61 Å². The number of rotatable bonds is 4. The number of aliphatic hydroxyl groups is 1. The molecule has 0 aromatic rings. The molecular weight excluding hydrogens is 242 g/mol. The molecule has 0 bridgehead atoms. The van der Waals surface area contributed by atoms with Crippen molar-refractivity contribution < 1.29 is 11.1 Å². The van der Waals surface area contributed by atoms with Crippen LogP contribution in [0.2, 0.25) is 0 Å². The maximum absolute atomic E-state index is 10.8. The fraction of sp³-hybridized carbons (Fsp3) is 0.833. The fourth-order valence-electron chi connectivity index (χ4n) is 0.385. The van der Waals surface area contributed by atoms with Gasteiger partial charge in [-0.25, -0.2) is 0 Å². The van der Waals surface area contributed by atoms with E-state index in [0.717, 1.165) is 12.8 Å². The molecule has 0 aromatic carbocycles. The molecular formula is C6H13O3Sb. The Balaban J connectivity index is 3.51. The normalized spacial score (nSPS) is 13.1. The first-order valence-electron chi connectivity index (χ1n) is 3.31. The molecule has 0 unspecified atom stereocenters. The second-order valence-electron chi connectivity index (χ2n) is 1.99. The van der Waals surface area contributed by atoms with E-state index >= 15 is 0 Å². The quantitative estimate of drug-likeness (QED) is 0.597. The van der Waals surface area contributed by atoms with Crippen LogP contribution in [-0.4, -0.2) is 35.5 Å². The second-order valence-corrected chi connectivity index (χ2v) is 6.04. The molecule has 3 nitrogen and oxygen atoms in total. The van der Waals surface area contributed by atoms with Gasteiger partial charge in [0, 0.05) is 0 Å². The van der Waals surface area contributed by atoms with Gasteiger partial charge in [-0.3, -0.25) is 0 Å². The monoisotopic (exact) mass is 254 g/mol. The van der Waals surface area contributed by atoms with Crippen molar-refractivity contribution in [1.82, 2.24) is 0 Å². The average molecular weight is 255 g/mol. The van der Waals surface area contributed by atoms with E-state index in [9.17, 15) is 3.02 Å². The Kier molecular flexibility index (Phi) is 6.39. The first kappa shape index (κ1) is 10.4. The summed E-state index contributed by atoms with van der Waals surface area (Å²) in [7, 11) is 0. The molecule has 0 radical (unpaired) electrons. The van der Waals surface area contributed by atoms with E-state index in [4.69, 9.17) is 8.12 Å². The number of hydrogen-bond acceptors (Lipinski definition) is 3. The van der Waals surface area contributed by atoms with Crippen molar-refractivity contribution in [3.63, 3.8) is 0 Å². The summed E-state index contributed by atoms with van der Waals surface area (Å²) in [5.74, 6) is 0. The Morgan fingerprint density at radius 3 is 2.70 bits per heavy atom. The molecule has 0 aliphatic heterocycles. The van der Waals surface area contributed by atoms with E-state index in [-0.39, 0.29) is 3.63 Å². The molecule has 10 heavy (non-hydrogen) atoms. The van der Waals surface area contributed by atoms with Gasteiger partial charge >= 0.3 is 68.2 Å². The summed E-state index contributed by atoms with van der Waals surface area (Å²) in [4.78, 5) is 0. The number of hydrogen-bond donors (Lipinski definition) is 1. The van der Waals surface area contributed by atoms with E-state index in [1.165, 1.54) is 6.92 Å². The summed E-state index contributed by atoms with van der Waals surface area (Å²) < 4.78 is 15.6. The Hall–Kier alpha value is 0.408. The number of unbranched alkanes of at least 4 members (excludes halogenated alkanes) is 1. The zero-order valence-corrected chi connectivity index (χ0v) is 8.89. The van der Waals surface area contributed by atoms with Gasteiger partial charge < -0.3 is 0 Å². The molecule has 0 aliphatic rings. The molecule has 0 fully saturated rings. The van der Waals surface area contributed by atoms with Crippen LogP contribution >= 0.6 is 0 Å². The van der Waals surface area contributed by atoms with E-state index in [1.54, 1.807) is 0 Å². The van der Waals surface area contributed by atoms with Gasteiger partial charge in [-0.15, -0.1) is 0 Å². The fourth-order valence-corrected chi connectivity index (χ4v) is 1.76. The first-order chi connectivity index (χ1) is 4.68. The molecule has 0 atom stereocenters. The van der Waals surface area contributed by atoms with Gasteiger partial charge in [0.25, 0.3) is 0 Å². The van der Waals surface area contributed by atoms with Crippen LogP contribution in [-0.2, 0) is 6.03 Å². The number of aliphatic hydroxyl groups excluding tert-OH is 1. The van der Waals surface area contributed by atoms with Crippen LogP contribution in [0.4, 0.5) is 0 Å². The van der Waals surface area contributed by atoms with Crippen LogP contribution in [0.3, 0.4) is 0 Å². The van der Waals surface area contributed by atoms with Crippen molar-refractivity contribution in [3.8, 4) is 0 Å². The summed E-state index contributed by atoms with van der Waals surface area (Å²) in [5, 5.41) is 8.68. The van der Waals surface area contributed by atoms with Gasteiger partial charge in [0.1, 0.15) is 0 Å². The van der Waals surface area contributed by atoms with E-state index in [2.05, 4.69) is 0 Å². The Bertz CT molecular complexity index is 154. The van der Waals surface area contributed by atoms with Gasteiger partial charge in [0.05, 0.1) is 0 Å². The third-order valence-electron chi connectivity index (χ3n) is 0.971. The summed E-state index contributed by atoms with van der Waals surface area (Å²) in [5.41, 5.74) is 0. The van der Waals surface area contributed by atoms with Gasteiger partial charge in [0.15, 0.2) is 0 Å². The predicted molar refractivity (Wildman–Crippen MR) is 39.9 cm³/mol. The van der Waals surface area contributed by atoms with Gasteiger partial charge in [-0.05, 0) is 0 Å². The zero-order valence-electron chi connectivity index (χ0n) is 6.33. The van der Waals surface area contributed by atoms with Crippen molar-refractivity contribution >= 4 is 23.8 Å². The Labute approximate surface area is 68.4 Å². The summed E-state index contributed by atoms with van der Waals surface area (Å²) in [6.45, 7) is 3.98. The minimum atomic E-state index is -2.98. The van der Waals surface area contributed by atoms with Crippen molar-refractivity contribution in [1.29, 1.82) is 0 Å². The SMILES string of the molecule is CCCC[O][Sb](=[O])=[C](C)O. The Morgan fingerprint density at radius 1 is 1.70 bits per heavy atom. The molecule has 0 rings (SSSR count). The maximum atomic E-state index is 10.8. The van der Waals surface area contributed by atoms with Crippen LogP contribution in [0.1, 0.15) is 26.7 Å². The van der Waals surface area contributed by atoms with Crippen LogP contribution in [0.25, 0.3) is 0 Å². The summed E-state index contributed by atoms with van der Waals surface area (Å²) in [6, 6.07) is 0. The first-order valence-corrected chi connectivity index (χ1v) is 6.67. The molecule has 0 amide bonds. The topological polar surface area (TPSA) is 46.5 Å². The van der Waals surface area contributed by atoms with Gasteiger partial charge in [-0.2, -0.15) is 0 Å². The minimum absolute atomic E-state index is 0.0147. The molecule has 4 heteroatoms. The molecule has 0 heterocycles. The molecule has 0 saturated carbocycles. The predicted octanol–water partition coefficient (Wildman–Crippen LogP) is 0.826. The van der Waals surface area contributed by atoms with Crippen LogP contribution in [0.15, 0.2) is 0 Å². The third kappa shape index (κ3) is 5.21. The van der Waals surface area contributed by atoms with Gasteiger partial charge in [-0.1, -0.05) is 0 Å².